The number of thioether (sulfide) groups is 1. The number of benzene rings is 1. The summed E-state index contributed by atoms with van der Waals surface area (Å²) in [6.07, 6.45) is 9.23. The van der Waals surface area contributed by atoms with E-state index in [9.17, 15) is 9.59 Å². The lowest BCUT2D eigenvalue weighted by atomic mass is 9.87. The summed E-state index contributed by atoms with van der Waals surface area (Å²) in [5.41, 5.74) is 3.61. The maximum absolute atomic E-state index is 13.4. The van der Waals surface area contributed by atoms with Gasteiger partial charge in [0.2, 0.25) is 5.91 Å². The van der Waals surface area contributed by atoms with Crippen LogP contribution in [-0.4, -0.2) is 87.4 Å². The van der Waals surface area contributed by atoms with Gasteiger partial charge in [-0.3, -0.25) is 19.6 Å². The second kappa shape index (κ2) is 14.3. The van der Waals surface area contributed by atoms with Gasteiger partial charge in [-0.25, -0.2) is 4.99 Å². The zero-order valence-electron chi connectivity index (χ0n) is 24.1. The molecule has 0 radical (unpaired) electrons. The van der Waals surface area contributed by atoms with Crippen LogP contribution in [0.2, 0.25) is 0 Å². The predicted octanol–water partition coefficient (Wildman–Crippen LogP) is 5.15. The summed E-state index contributed by atoms with van der Waals surface area (Å²) in [7, 11) is 0. The van der Waals surface area contributed by atoms with Crippen LogP contribution in [-0.2, 0) is 9.59 Å². The van der Waals surface area contributed by atoms with Crippen molar-refractivity contribution in [1.29, 1.82) is 0 Å². The van der Waals surface area contributed by atoms with E-state index in [0.29, 0.717) is 51.0 Å². The third-order valence-corrected chi connectivity index (χ3v) is 7.97. The molecule has 1 saturated heterocycles. The van der Waals surface area contributed by atoms with E-state index in [2.05, 4.69) is 29.1 Å². The molecule has 1 fully saturated rings. The van der Waals surface area contributed by atoms with Gasteiger partial charge < -0.3 is 14.9 Å². The Morgan fingerprint density at radius 1 is 1.20 bits per heavy atom. The number of amidine groups is 1. The first-order valence-corrected chi connectivity index (χ1v) is 14.9. The fraction of sp³-hybridized carbons (Fsp3) is 0.452. The maximum Gasteiger partial charge on any atom is 0.303 e. The van der Waals surface area contributed by atoms with Crippen LogP contribution in [0.3, 0.4) is 0 Å². The maximum atomic E-state index is 13.4. The fourth-order valence-corrected chi connectivity index (χ4v) is 5.50. The number of amides is 1. The molecule has 2 aliphatic rings. The van der Waals surface area contributed by atoms with Crippen LogP contribution in [0.1, 0.15) is 50.7 Å². The number of aryl methyl sites for hydroxylation is 1. The Kier molecular flexibility index (Phi) is 11.1. The van der Waals surface area contributed by atoms with Crippen LogP contribution in [0, 0.1) is 6.92 Å². The number of hydrogen-bond donors (Lipinski definition) is 1. The lowest BCUT2D eigenvalue weighted by molar-refractivity contribution is -0.137. The minimum Gasteiger partial charge on any atom is -0.481 e. The average molecular weight is 564 g/mol. The molecule has 214 valence electrons. The van der Waals surface area contributed by atoms with Gasteiger partial charge in [-0.15, -0.1) is 6.58 Å². The second-order valence-corrected chi connectivity index (χ2v) is 11.1. The molecule has 2 atom stereocenters. The third-order valence-electron chi connectivity index (χ3n) is 7.25. The number of hydrogen-bond acceptors (Lipinski definition) is 6. The largest absolute Gasteiger partial charge is 0.481 e. The van der Waals surface area contributed by atoms with E-state index in [1.807, 2.05) is 56.2 Å². The minimum absolute atomic E-state index is 0.0101. The highest BCUT2D eigenvalue weighted by Gasteiger charge is 2.36. The van der Waals surface area contributed by atoms with Gasteiger partial charge in [0.05, 0.1) is 17.5 Å². The van der Waals surface area contributed by atoms with Gasteiger partial charge in [0.25, 0.3) is 0 Å². The van der Waals surface area contributed by atoms with E-state index in [4.69, 9.17) is 15.1 Å². The molecule has 0 aromatic heterocycles. The van der Waals surface area contributed by atoms with Crippen LogP contribution in [0.25, 0.3) is 0 Å². The highest BCUT2D eigenvalue weighted by molar-refractivity contribution is 8.13. The van der Waals surface area contributed by atoms with E-state index < -0.39 is 17.6 Å². The normalized spacial score (nSPS) is 21.9. The smallest absolute Gasteiger partial charge is 0.303 e. The van der Waals surface area contributed by atoms with Crippen molar-refractivity contribution in [1.82, 2.24) is 9.80 Å². The third kappa shape index (κ3) is 7.81. The van der Waals surface area contributed by atoms with Crippen molar-refractivity contribution < 1.29 is 14.7 Å². The van der Waals surface area contributed by atoms with Crippen LogP contribution >= 0.6 is 11.8 Å². The van der Waals surface area contributed by atoms with Crippen LogP contribution < -0.4 is 0 Å². The first-order chi connectivity index (χ1) is 19.1. The zero-order valence-corrected chi connectivity index (χ0v) is 24.9. The number of carbonyl (C=O) groups excluding carboxylic acids is 1. The number of unbranched alkanes of at least 4 members (excludes halogenated alkanes) is 1. The number of aliphatic carboxylic acids is 1. The molecule has 1 amide bonds. The zero-order chi connectivity index (χ0) is 29.3. The molecule has 1 N–H and O–H groups in total. The molecule has 3 rings (SSSR count). The molecule has 9 heteroatoms. The van der Waals surface area contributed by atoms with Gasteiger partial charge in [-0.1, -0.05) is 48.2 Å². The summed E-state index contributed by atoms with van der Waals surface area (Å²) in [5.74, 6) is -0.810. The molecule has 0 aliphatic carbocycles. The Hall–Kier alpha value is -3.46. The molecule has 1 aromatic carbocycles. The molecule has 2 heterocycles. The molecule has 40 heavy (non-hydrogen) atoms. The fourth-order valence-electron chi connectivity index (χ4n) is 4.88. The molecule has 2 unspecified atom stereocenters. The molecule has 0 spiro atoms. The van der Waals surface area contributed by atoms with Crippen molar-refractivity contribution in [2.24, 2.45) is 15.0 Å². The van der Waals surface area contributed by atoms with E-state index in [1.54, 1.807) is 24.0 Å². The summed E-state index contributed by atoms with van der Waals surface area (Å²) in [6, 6.07) is 7.75. The Balaban J connectivity index is 1.85. The monoisotopic (exact) mass is 563 g/mol. The molecule has 1 aromatic rings. The topological polar surface area (TPSA) is 97.9 Å². The first kappa shape index (κ1) is 31.1. The van der Waals surface area contributed by atoms with Gasteiger partial charge in [0.1, 0.15) is 5.54 Å². The first-order valence-electron chi connectivity index (χ1n) is 13.7. The molecular formula is C31H41N5O3S. The van der Waals surface area contributed by atoms with Gasteiger partial charge in [-0.05, 0) is 58.4 Å². The van der Waals surface area contributed by atoms with E-state index in [-0.39, 0.29) is 12.3 Å². The van der Waals surface area contributed by atoms with E-state index >= 15 is 0 Å². The lowest BCUT2D eigenvalue weighted by Gasteiger charge is -2.36. The number of piperazine rings is 1. The predicted molar refractivity (Wildman–Crippen MR) is 167 cm³/mol. The number of carboxylic acids is 1. The minimum atomic E-state index is -0.800. The number of aliphatic imine (C=N–C) groups is 3. The standard InChI is InChI=1S/C31H41N5O3S/c1-7-31(5)26(21-23(4)29(39)35-16-18-36(19-17-35)30(40-6)32-8-2)33-25(14-9-10-15-27(37)38)28(34-31)24-13-11-12-22(3)20-24/h7-8,11-13,20-21,26H,1-2,9-10,14-19H2,3-6H3,(H,37,38)/b23-21+,32-30?. The van der Waals surface area contributed by atoms with Gasteiger partial charge in [0, 0.05) is 49.9 Å². The van der Waals surface area contributed by atoms with Crippen LogP contribution in [0.4, 0.5) is 0 Å². The average Bonchev–Trinajstić information content (AvgIpc) is 2.95. The molecule has 0 saturated carbocycles. The van der Waals surface area contributed by atoms with Crippen molar-refractivity contribution in [2.45, 2.75) is 58.0 Å². The number of rotatable bonds is 10. The highest BCUT2D eigenvalue weighted by atomic mass is 32.2. The van der Waals surface area contributed by atoms with Crippen molar-refractivity contribution in [2.75, 3.05) is 32.4 Å². The van der Waals surface area contributed by atoms with Gasteiger partial charge >= 0.3 is 5.97 Å². The summed E-state index contributed by atoms with van der Waals surface area (Å²) in [4.78, 5) is 43.2. The van der Waals surface area contributed by atoms with E-state index in [0.717, 1.165) is 27.7 Å². The van der Waals surface area contributed by atoms with Gasteiger partial charge in [0.15, 0.2) is 5.17 Å². The van der Waals surface area contributed by atoms with Crippen molar-refractivity contribution >= 4 is 40.2 Å². The summed E-state index contributed by atoms with van der Waals surface area (Å²) >= 11 is 1.57. The van der Waals surface area contributed by atoms with Crippen LogP contribution in [0.5, 0.6) is 0 Å². The second-order valence-electron chi connectivity index (χ2n) is 10.3. The number of nitrogens with zero attached hydrogens (tertiary/aromatic N) is 5. The SMILES string of the molecule is C=CN=C(SC)N1CCN(C(=O)/C(C)=C/C2N=C(CCCCC(=O)O)C(c3cccc(C)c3)=NC2(C)C=C)CC1. The Labute approximate surface area is 242 Å². The van der Waals surface area contributed by atoms with Crippen LogP contribution in [0.15, 0.2) is 76.3 Å². The molecule has 2 aliphatic heterocycles. The lowest BCUT2D eigenvalue weighted by Crippen LogP contribution is -2.50. The summed E-state index contributed by atoms with van der Waals surface area (Å²) in [6.45, 7) is 16.3. The molecule has 0 bridgehead atoms. The Morgan fingerprint density at radius 3 is 2.50 bits per heavy atom. The van der Waals surface area contributed by atoms with Crippen molar-refractivity contribution in [3.8, 4) is 0 Å². The molecular weight excluding hydrogens is 522 g/mol. The molecule has 8 nitrogen and oxygen atoms in total. The summed E-state index contributed by atoms with van der Waals surface area (Å²) in [5, 5.41) is 9.98. The number of carbonyl (C=O) groups is 2. The quantitative estimate of drug-likeness (QED) is 0.140. The highest BCUT2D eigenvalue weighted by Crippen LogP contribution is 2.30. The van der Waals surface area contributed by atoms with Crippen molar-refractivity contribution in [3.05, 3.63) is 72.5 Å². The summed E-state index contributed by atoms with van der Waals surface area (Å²) < 4.78 is 0. The number of carboxylic acid groups (broad SMARTS) is 1. The van der Waals surface area contributed by atoms with Crippen molar-refractivity contribution in [3.63, 3.8) is 0 Å². The van der Waals surface area contributed by atoms with E-state index in [1.165, 1.54) is 0 Å². The Bertz CT molecular complexity index is 1240. The Morgan fingerprint density at radius 2 is 1.90 bits per heavy atom. The van der Waals surface area contributed by atoms with Gasteiger partial charge in [-0.2, -0.15) is 0 Å².